The molecular formula is C12H14BrCl2NO. The molecule has 1 aromatic carbocycles. The minimum atomic E-state index is -0.0462. The van der Waals surface area contributed by atoms with Crippen LogP contribution in [0.3, 0.4) is 0 Å². The quantitative estimate of drug-likeness (QED) is 0.754. The Morgan fingerprint density at radius 3 is 2.59 bits per heavy atom. The van der Waals surface area contributed by atoms with Gasteiger partial charge in [0.05, 0.1) is 5.02 Å². The van der Waals surface area contributed by atoms with Crippen molar-refractivity contribution in [2.75, 3.05) is 12.4 Å². The average molecular weight is 339 g/mol. The molecule has 17 heavy (non-hydrogen) atoms. The summed E-state index contributed by atoms with van der Waals surface area (Å²) in [5.41, 5.74) is 0.581. The highest BCUT2D eigenvalue weighted by atomic mass is 79.9. The van der Waals surface area contributed by atoms with Crippen LogP contribution in [0.25, 0.3) is 0 Å². The monoisotopic (exact) mass is 337 g/mol. The van der Waals surface area contributed by atoms with Gasteiger partial charge in [0.15, 0.2) is 0 Å². The Morgan fingerprint density at radius 2 is 2.12 bits per heavy atom. The van der Waals surface area contributed by atoms with E-state index in [-0.39, 0.29) is 11.9 Å². The maximum Gasteiger partial charge on any atom is 0.254 e. The maximum atomic E-state index is 12.2. The van der Waals surface area contributed by atoms with Gasteiger partial charge in [0.2, 0.25) is 0 Å². The van der Waals surface area contributed by atoms with Crippen LogP contribution in [0.5, 0.6) is 0 Å². The molecule has 5 heteroatoms. The number of benzene rings is 1. The molecule has 0 aliphatic heterocycles. The van der Waals surface area contributed by atoms with E-state index in [0.717, 1.165) is 4.47 Å². The zero-order valence-electron chi connectivity index (χ0n) is 9.71. The second kappa shape index (κ2) is 6.62. The molecule has 0 unspecified atom stereocenters. The number of hydrogen-bond donors (Lipinski definition) is 0. The highest BCUT2D eigenvalue weighted by molar-refractivity contribution is 9.10. The van der Waals surface area contributed by atoms with Crippen LogP contribution in [0, 0.1) is 0 Å². The van der Waals surface area contributed by atoms with E-state index in [9.17, 15) is 4.79 Å². The molecule has 0 bridgehead atoms. The first-order valence-corrected chi connectivity index (χ1v) is 7.00. The summed E-state index contributed by atoms with van der Waals surface area (Å²) >= 11 is 15.0. The lowest BCUT2D eigenvalue weighted by Gasteiger charge is -2.26. The van der Waals surface area contributed by atoms with Crippen LogP contribution in [0.2, 0.25) is 5.02 Å². The molecule has 1 amide bonds. The van der Waals surface area contributed by atoms with Gasteiger partial charge in [-0.1, -0.05) is 11.6 Å². The van der Waals surface area contributed by atoms with Crippen LogP contribution >= 0.6 is 39.1 Å². The third-order valence-electron chi connectivity index (χ3n) is 2.38. The van der Waals surface area contributed by atoms with Crippen molar-refractivity contribution in [3.63, 3.8) is 0 Å². The number of rotatable bonds is 4. The predicted molar refractivity (Wildman–Crippen MR) is 76.0 cm³/mol. The Balaban J connectivity index is 2.97. The van der Waals surface area contributed by atoms with E-state index < -0.39 is 0 Å². The first-order chi connectivity index (χ1) is 7.97. The topological polar surface area (TPSA) is 20.3 Å². The summed E-state index contributed by atoms with van der Waals surface area (Å²) in [6.45, 7) is 4.46. The van der Waals surface area contributed by atoms with Crippen LogP contribution in [0.15, 0.2) is 22.7 Å². The molecule has 0 atom stereocenters. The van der Waals surface area contributed by atoms with Gasteiger partial charge in [-0.2, -0.15) is 0 Å². The van der Waals surface area contributed by atoms with Gasteiger partial charge in [0.25, 0.3) is 5.91 Å². The largest absolute Gasteiger partial charge is 0.335 e. The lowest BCUT2D eigenvalue weighted by atomic mass is 10.1. The maximum absolute atomic E-state index is 12.2. The van der Waals surface area contributed by atoms with E-state index in [4.69, 9.17) is 23.2 Å². The summed E-state index contributed by atoms with van der Waals surface area (Å²) in [4.78, 5) is 14.0. The third-order valence-corrected chi connectivity index (χ3v) is 3.78. The number of halogens is 3. The minimum Gasteiger partial charge on any atom is -0.335 e. The molecule has 0 fully saturated rings. The highest BCUT2D eigenvalue weighted by Crippen LogP contribution is 2.24. The van der Waals surface area contributed by atoms with Crippen LogP contribution in [0.4, 0.5) is 0 Å². The molecule has 0 heterocycles. The van der Waals surface area contributed by atoms with E-state index in [2.05, 4.69) is 15.9 Å². The fourth-order valence-corrected chi connectivity index (χ4v) is 2.09. The van der Waals surface area contributed by atoms with E-state index in [1.165, 1.54) is 0 Å². The lowest BCUT2D eigenvalue weighted by molar-refractivity contribution is 0.0718. The summed E-state index contributed by atoms with van der Waals surface area (Å²) in [5, 5.41) is 0.533. The Hall–Kier alpha value is -0.250. The van der Waals surface area contributed by atoms with Gasteiger partial charge in [-0.15, -0.1) is 11.6 Å². The van der Waals surface area contributed by atoms with Crippen molar-refractivity contribution in [2.45, 2.75) is 19.9 Å². The number of nitrogens with zero attached hydrogens (tertiary/aromatic N) is 1. The zero-order chi connectivity index (χ0) is 13.0. The highest BCUT2D eigenvalue weighted by Gasteiger charge is 2.18. The first-order valence-electron chi connectivity index (χ1n) is 5.29. The van der Waals surface area contributed by atoms with Gasteiger partial charge >= 0.3 is 0 Å². The molecule has 2 nitrogen and oxygen atoms in total. The van der Waals surface area contributed by atoms with Gasteiger partial charge in [0.1, 0.15) is 0 Å². The van der Waals surface area contributed by atoms with Crippen molar-refractivity contribution in [2.24, 2.45) is 0 Å². The first kappa shape index (κ1) is 14.8. The molecule has 94 valence electrons. The Morgan fingerprint density at radius 1 is 1.47 bits per heavy atom. The van der Waals surface area contributed by atoms with Crippen molar-refractivity contribution < 1.29 is 4.79 Å². The second-order valence-electron chi connectivity index (χ2n) is 3.91. The smallest absolute Gasteiger partial charge is 0.254 e. The Kier molecular flexibility index (Phi) is 5.77. The molecular weight excluding hydrogens is 325 g/mol. The summed E-state index contributed by atoms with van der Waals surface area (Å²) in [6.07, 6.45) is 0. The van der Waals surface area contributed by atoms with Crippen molar-refractivity contribution in [3.05, 3.63) is 33.3 Å². The van der Waals surface area contributed by atoms with Gasteiger partial charge in [0, 0.05) is 28.5 Å². The van der Waals surface area contributed by atoms with Crippen molar-refractivity contribution in [3.8, 4) is 0 Å². The number of amides is 1. The van der Waals surface area contributed by atoms with Crippen LogP contribution < -0.4 is 0 Å². The van der Waals surface area contributed by atoms with Crippen LogP contribution in [0.1, 0.15) is 24.2 Å². The van der Waals surface area contributed by atoms with Gasteiger partial charge in [-0.3, -0.25) is 4.79 Å². The zero-order valence-corrected chi connectivity index (χ0v) is 12.8. The SMILES string of the molecule is CC(C)N(CCCl)C(=O)c1ccc(Br)c(Cl)c1. The number of alkyl halides is 1. The van der Waals surface area contributed by atoms with E-state index in [1.807, 2.05) is 13.8 Å². The fourth-order valence-electron chi connectivity index (χ4n) is 1.48. The minimum absolute atomic E-state index is 0.0462. The number of carbonyl (C=O) groups excluding carboxylic acids is 1. The molecule has 0 radical (unpaired) electrons. The van der Waals surface area contributed by atoms with Crippen LogP contribution in [-0.2, 0) is 0 Å². The van der Waals surface area contributed by atoms with Gasteiger partial charge in [-0.05, 0) is 48.0 Å². The summed E-state index contributed by atoms with van der Waals surface area (Å²) in [5.74, 6) is 0.379. The lowest BCUT2D eigenvalue weighted by Crippen LogP contribution is -2.38. The standard InChI is InChI=1S/C12H14BrCl2NO/c1-8(2)16(6-5-14)12(17)9-3-4-10(13)11(15)7-9/h3-4,7-8H,5-6H2,1-2H3. The molecule has 0 saturated heterocycles. The van der Waals surface area contributed by atoms with Crippen molar-refractivity contribution in [1.82, 2.24) is 4.90 Å². The summed E-state index contributed by atoms with van der Waals surface area (Å²) in [7, 11) is 0. The van der Waals surface area contributed by atoms with E-state index >= 15 is 0 Å². The fraction of sp³-hybridized carbons (Fsp3) is 0.417. The molecule has 0 aliphatic rings. The van der Waals surface area contributed by atoms with Gasteiger partial charge < -0.3 is 4.90 Å². The molecule has 1 rings (SSSR count). The third kappa shape index (κ3) is 3.87. The van der Waals surface area contributed by atoms with Crippen LogP contribution in [-0.4, -0.2) is 29.3 Å². The average Bonchev–Trinajstić information content (AvgIpc) is 2.28. The Labute approximate surface area is 120 Å². The normalized spacial score (nSPS) is 10.7. The molecule has 0 N–H and O–H groups in total. The molecule has 1 aromatic rings. The predicted octanol–water partition coefficient (Wildman–Crippen LogP) is 4.19. The molecule has 0 aliphatic carbocycles. The van der Waals surface area contributed by atoms with E-state index in [0.29, 0.717) is 23.0 Å². The number of carbonyl (C=O) groups is 1. The van der Waals surface area contributed by atoms with Gasteiger partial charge in [-0.25, -0.2) is 0 Å². The Bertz CT molecular complexity index is 409. The molecule has 0 aromatic heterocycles. The molecule has 0 spiro atoms. The number of hydrogen-bond acceptors (Lipinski definition) is 1. The van der Waals surface area contributed by atoms with Crippen molar-refractivity contribution in [1.29, 1.82) is 0 Å². The second-order valence-corrected chi connectivity index (χ2v) is 5.55. The summed E-state index contributed by atoms with van der Waals surface area (Å²) < 4.78 is 0.782. The summed E-state index contributed by atoms with van der Waals surface area (Å²) in [6, 6.07) is 5.30. The van der Waals surface area contributed by atoms with E-state index in [1.54, 1.807) is 23.1 Å². The molecule has 0 saturated carbocycles. The van der Waals surface area contributed by atoms with Crippen molar-refractivity contribution >= 4 is 45.0 Å².